The molecule has 0 saturated heterocycles. The minimum Gasteiger partial charge on any atom is -0.529 e. The molecule has 0 aromatic rings. The van der Waals surface area contributed by atoms with E-state index in [1.54, 1.807) is 0 Å². The van der Waals surface area contributed by atoms with Gasteiger partial charge in [-0.3, -0.25) is 0 Å². The number of carbonyl (C=O) groups is 2. The van der Waals surface area contributed by atoms with E-state index in [1.165, 1.54) is 87.1 Å². The van der Waals surface area contributed by atoms with E-state index < -0.39 is 12.2 Å². The number of hydrogen-bond donors (Lipinski definition) is 0. The molecule has 0 aliphatic carbocycles. The molecule has 0 aliphatic heterocycles. The third-order valence-corrected chi connectivity index (χ3v) is 11.7. The van der Waals surface area contributed by atoms with E-state index in [0.717, 1.165) is 30.4 Å². The quantitative estimate of drug-likeness (QED) is 0.194. The van der Waals surface area contributed by atoms with E-state index in [0.29, 0.717) is 0 Å². The van der Waals surface area contributed by atoms with E-state index in [4.69, 9.17) is 0 Å². The van der Waals surface area contributed by atoms with E-state index in [2.05, 4.69) is 0 Å². The largest absolute Gasteiger partial charge is 2.00 e. The summed E-state index contributed by atoms with van der Waals surface area (Å²) in [6, 6.07) is 0. The minimum atomic E-state index is -1.15. The molecule has 0 fully saturated rings. The van der Waals surface area contributed by atoms with Crippen LogP contribution >= 0.6 is 87.1 Å². The van der Waals surface area contributed by atoms with Crippen LogP contribution in [0.1, 0.15) is 27.7 Å². The Balaban J connectivity index is -0.000000372. The number of nitrogens with zero attached hydrogens (tertiary/aromatic N) is 2. The number of hydrogen-bond acceptors (Lipinski definition) is 12. The summed E-state index contributed by atoms with van der Waals surface area (Å²) in [5.41, 5.74) is 0. The van der Waals surface area contributed by atoms with Gasteiger partial charge in [-0.15, -0.1) is 0 Å². The third-order valence-electron chi connectivity index (χ3n) is 1.25. The van der Waals surface area contributed by atoms with Crippen LogP contribution in [0.25, 0.3) is 0 Å². The van der Waals surface area contributed by atoms with Crippen molar-refractivity contribution in [1.29, 1.82) is 0 Å². The Hall–Kier alpha value is 1.86. The van der Waals surface area contributed by atoms with Crippen molar-refractivity contribution in [2.45, 2.75) is 27.7 Å². The fourth-order valence-corrected chi connectivity index (χ4v) is 8.28. The SMILES string of the molecule is CCSSN(SSCC)C(=O)[O-].CCSSN(SSCC)C(=O)[O-].[Cu+2]. The molecule has 0 aromatic heterocycles. The summed E-state index contributed by atoms with van der Waals surface area (Å²) in [7, 11) is 10.7. The maximum Gasteiger partial charge on any atom is 2.00 e. The van der Waals surface area contributed by atoms with Crippen LogP contribution in [0.3, 0.4) is 0 Å². The van der Waals surface area contributed by atoms with Crippen LogP contribution < -0.4 is 10.2 Å². The first-order valence-corrected chi connectivity index (χ1v) is 15.7. The van der Waals surface area contributed by atoms with Gasteiger partial charge in [0, 0.05) is 66.9 Å². The van der Waals surface area contributed by atoms with Gasteiger partial charge in [0.1, 0.15) is 0 Å². The second kappa shape index (κ2) is 23.9. The maximum absolute atomic E-state index is 10.5. The van der Waals surface area contributed by atoms with Crippen molar-refractivity contribution in [2.24, 2.45) is 0 Å². The Kier molecular flexibility index (Phi) is 30.2. The molecular formula is C10H20CuN2O4S8. The summed E-state index contributed by atoms with van der Waals surface area (Å²) in [6.07, 6.45) is -2.29. The number of carboxylic acid groups (broad SMARTS) is 2. The summed E-state index contributed by atoms with van der Waals surface area (Å²) >= 11 is 0. The second-order valence-electron chi connectivity index (χ2n) is 2.97. The van der Waals surface area contributed by atoms with Crippen molar-refractivity contribution in [1.82, 2.24) is 7.42 Å². The average molecular weight is 552 g/mol. The molecule has 0 N–H and O–H groups in total. The van der Waals surface area contributed by atoms with Crippen LogP contribution in [0.4, 0.5) is 9.59 Å². The molecule has 0 aliphatic rings. The predicted octanol–water partition coefficient (Wildman–Crippen LogP) is 4.53. The van der Waals surface area contributed by atoms with Gasteiger partial charge in [-0.05, 0) is 0 Å². The molecule has 0 spiro atoms. The smallest absolute Gasteiger partial charge is 0.529 e. The van der Waals surface area contributed by atoms with Crippen molar-refractivity contribution in [3.05, 3.63) is 0 Å². The Morgan fingerprint density at radius 1 is 0.640 bits per heavy atom. The topological polar surface area (TPSA) is 86.7 Å². The molecular weight excluding hydrogens is 532 g/mol. The van der Waals surface area contributed by atoms with Gasteiger partial charge in [-0.1, -0.05) is 70.9 Å². The van der Waals surface area contributed by atoms with Crippen LogP contribution in [0.2, 0.25) is 0 Å². The summed E-state index contributed by atoms with van der Waals surface area (Å²) in [4.78, 5) is 20.9. The summed E-state index contributed by atoms with van der Waals surface area (Å²) < 4.78 is 2.31. The van der Waals surface area contributed by atoms with Gasteiger partial charge in [0.15, 0.2) is 12.2 Å². The summed E-state index contributed by atoms with van der Waals surface area (Å²) in [5.74, 6) is 3.52. The molecule has 1 radical (unpaired) electrons. The molecule has 0 bridgehead atoms. The van der Waals surface area contributed by atoms with Gasteiger partial charge in [0.2, 0.25) is 0 Å². The van der Waals surface area contributed by atoms with Crippen molar-refractivity contribution in [2.75, 3.05) is 23.0 Å². The Morgan fingerprint density at radius 3 is 0.960 bits per heavy atom. The Bertz CT molecular complexity index is 289. The number of amides is 2. The first-order chi connectivity index (χ1) is 11.4. The molecule has 25 heavy (non-hydrogen) atoms. The average Bonchev–Trinajstić information content (AvgIpc) is 2.55. The molecule has 6 nitrogen and oxygen atoms in total. The van der Waals surface area contributed by atoms with Gasteiger partial charge in [-0.25, -0.2) is 7.42 Å². The summed E-state index contributed by atoms with van der Waals surface area (Å²) in [5, 5.41) is 20.9. The molecule has 0 rings (SSSR count). The van der Waals surface area contributed by atoms with Crippen LogP contribution in [0.15, 0.2) is 0 Å². The van der Waals surface area contributed by atoms with Gasteiger partial charge in [0.05, 0.1) is 0 Å². The van der Waals surface area contributed by atoms with E-state index in [9.17, 15) is 19.8 Å². The van der Waals surface area contributed by atoms with Crippen LogP contribution in [0, 0.1) is 0 Å². The fourth-order valence-electron chi connectivity index (χ4n) is 0.549. The van der Waals surface area contributed by atoms with Gasteiger partial charge in [-0.2, -0.15) is 0 Å². The van der Waals surface area contributed by atoms with E-state index in [1.807, 2.05) is 27.7 Å². The molecule has 0 atom stereocenters. The zero-order valence-electron chi connectivity index (χ0n) is 13.9. The normalized spacial score (nSPS) is 9.44. The third kappa shape index (κ3) is 22.0. The van der Waals surface area contributed by atoms with Crippen LogP contribution in [-0.2, 0) is 17.1 Å². The van der Waals surface area contributed by atoms with Crippen molar-refractivity contribution in [3.63, 3.8) is 0 Å². The maximum atomic E-state index is 10.5. The molecule has 0 heterocycles. The van der Waals surface area contributed by atoms with Crippen LogP contribution in [-0.4, -0.2) is 42.6 Å². The second-order valence-corrected chi connectivity index (χ2v) is 13.4. The van der Waals surface area contributed by atoms with Gasteiger partial charge >= 0.3 is 17.1 Å². The standard InChI is InChI=1S/2C5H11NO2S4.Cu/c2*1-3-9-11-6(5(7)8)12-10-4-2;/h2*3-4H2,1-2H3,(H,7,8);/q;;+2/p-2. The summed E-state index contributed by atoms with van der Waals surface area (Å²) in [6.45, 7) is 7.90. The molecule has 2 amide bonds. The Labute approximate surface area is 192 Å². The zero-order valence-corrected chi connectivity index (χ0v) is 21.4. The first kappa shape index (κ1) is 31.6. The molecule has 0 unspecified atom stereocenters. The van der Waals surface area contributed by atoms with Crippen molar-refractivity contribution < 1.29 is 36.9 Å². The van der Waals surface area contributed by atoms with Gasteiger partial charge in [0.25, 0.3) is 0 Å². The molecule has 15 heteroatoms. The monoisotopic (exact) mass is 551 g/mol. The zero-order chi connectivity index (χ0) is 18.8. The van der Waals surface area contributed by atoms with E-state index >= 15 is 0 Å². The van der Waals surface area contributed by atoms with Crippen molar-refractivity contribution in [3.8, 4) is 0 Å². The fraction of sp³-hybridized carbons (Fsp3) is 0.800. The van der Waals surface area contributed by atoms with Crippen molar-refractivity contribution >= 4 is 99.3 Å². The number of carbonyl (C=O) groups excluding carboxylic acids is 2. The van der Waals surface area contributed by atoms with Gasteiger partial charge < -0.3 is 19.8 Å². The number of rotatable bonds is 12. The first-order valence-electron chi connectivity index (χ1n) is 6.64. The van der Waals surface area contributed by atoms with Crippen LogP contribution in [0.5, 0.6) is 0 Å². The molecule has 0 saturated carbocycles. The molecule has 0 aromatic carbocycles. The predicted molar refractivity (Wildman–Crippen MR) is 117 cm³/mol. The minimum absolute atomic E-state index is 0. The Morgan fingerprint density at radius 2 is 0.840 bits per heavy atom. The van der Waals surface area contributed by atoms with E-state index in [-0.39, 0.29) is 17.1 Å². The molecule has 153 valence electrons.